The molecule has 2 aromatic rings. The maximum absolute atomic E-state index is 12.9. The molecular weight excluding hydrogens is 336 g/mol. The third-order valence-electron chi connectivity index (χ3n) is 4.67. The Morgan fingerprint density at radius 2 is 1.88 bits per heavy atom. The molecular formula is C19H20N2OS2. The number of carbonyl (C=O) groups excluding carboxylic acids is 1. The van der Waals surface area contributed by atoms with E-state index in [1.54, 1.807) is 11.3 Å². The normalized spacial score (nSPS) is 19.7. The average molecular weight is 357 g/mol. The minimum Gasteiger partial charge on any atom is -0.337 e. The zero-order chi connectivity index (χ0) is 16.5. The van der Waals surface area contributed by atoms with Crippen molar-refractivity contribution in [3.8, 4) is 0 Å². The molecule has 0 atom stereocenters. The SMILES string of the molecule is CN1CCN(C(=O)C=C2c3ccccc3CSc3sccc32)CC1. The van der Waals surface area contributed by atoms with Gasteiger partial charge in [-0.15, -0.1) is 23.1 Å². The van der Waals surface area contributed by atoms with Crippen LogP contribution in [0.4, 0.5) is 0 Å². The molecule has 1 saturated heterocycles. The first-order valence-corrected chi connectivity index (χ1v) is 10.1. The molecule has 0 aliphatic carbocycles. The van der Waals surface area contributed by atoms with Crippen LogP contribution in [0.1, 0.15) is 16.7 Å². The number of amides is 1. The van der Waals surface area contributed by atoms with Gasteiger partial charge in [0.05, 0.1) is 4.21 Å². The van der Waals surface area contributed by atoms with Gasteiger partial charge in [0.1, 0.15) is 0 Å². The minimum absolute atomic E-state index is 0.136. The third-order valence-corrected chi connectivity index (χ3v) is 6.95. The van der Waals surface area contributed by atoms with Crippen LogP contribution >= 0.6 is 23.1 Å². The molecule has 0 bridgehead atoms. The van der Waals surface area contributed by atoms with E-state index in [4.69, 9.17) is 0 Å². The van der Waals surface area contributed by atoms with Crippen molar-refractivity contribution in [2.75, 3.05) is 33.2 Å². The highest BCUT2D eigenvalue weighted by Gasteiger charge is 2.23. The fourth-order valence-corrected chi connectivity index (χ4v) is 5.32. The summed E-state index contributed by atoms with van der Waals surface area (Å²) >= 11 is 3.64. The number of hydrogen-bond acceptors (Lipinski definition) is 4. The van der Waals surface area contributed by atoms with Gasteiger partial charge in [0.2, 0.25) is 5.91 Å². The predicted octanol–water partition coefficient (Wildman–Crippen LogP) is 3.56. The molecule has 0 N–H and O–H groups in total. The molecule has 1 amide bonds. The molecule has 3 nitrogen and oxygen atoms in total. The van der Waals surface area contributed by atoms with Crippen LogP contribution in [0.25, 0.3) is 5.57 Å². The summed E-state index contributed by atoms with van der Waals surface area (Å²) in [6.45, 7) is 3.52. The molecule has 2 aliphatic rings. The van der Waals surface area contributed by atoms with Crippen LogP contribution in [0, 0.1) is 0 Å². The van der Waals surface area contributed by atoms with Gasteiger partial charge < -0.3 is 9.80 Å². The number of thioether (sulfide) groups is 1. The number of thiophene rings is 1. The summed E-state index contributed by atoms with van der Waals surface area (Å²) in [4.78, 5) is 17.1. The summed E-state index contributed by atoms with van der Waals surface area (Å²) in [7, 11) is 2.11. The van der Waals surface area contributed by atoms with Gasteiger partial charge in [0.25, 0.3) is 0 Å². The number of benzene rings is 1. The van der Waals surface area contributed by atoms with E-state index < -0.39 is 0 Å². The fourth-order valence-electron chi connectivity index (χ4n) is 3.20. The zero-order valence-electron chi connectivity index (χ0n) is 13.7. The van der Waals surface area contributed by atoms with Gasteiger partial charge >= 0.3 is 0 Å². The monoisotopic (exact) mass is 356 g/mol. The van der Waals surface area contributed by atoms with E-state index in [-0.39, 0.29) is 5.91 Å². The van der Waals surface area contributed by atoms with E-state index in [1.165, 1.54) is 20.9 Å². The standard InChI is InChI=1S/C19H20N2OS2/c1-20-7-9-21(10-8-20)18(22)12-17-15-5-3-2-4-14(15)13-24-19-16(17)6-11-23-19/h2-6,11-12H,7-10,13H2,1H3. The Hall–Kier alpha value is -1.56. The second-order valence-electron chi connectivity index (χ2n) is 6.25. The lowest BCUT2D eigenvalue weighted by molar-refractivity contribution is -0.127. The van der Waals surface area contributed by atoms with E-state index in [9.17, 15) is 4.79 Å². The van der Waals surface area contributed by atoms with Gasteiger partial charge in [-0.3, -0.25) is 4.79 Å². The Bertz CT molecular complexity index is 788. The summed E-state index contributed by atoms with van der Waals surface area (Å²) < 4.78 is 1.31. The van der Waals surface area contributed by atoms with Crippen molar-refractivity contribution < 1.29 is 4.79 Å². The molecule has 124 valence electrons. The lowest BCUT2D eigenvalue weighted by Gasteiger charge is -2.31. The predicted molar refractivity (Wildman–Crippen MR) is 101 cm³/mol. The molecule has 5 heteroatoms. The number of piperazine rings is 1. The number of carbonyl (C=O) groups is 1. The van der Waals surface area contributed by atoms with E-state index in [1.807, 2.05) is 22.7 Å². The molecule has 0 saturated carbocycles. The van der Waals surface area contributed by atoms with Crippen molar-refractivity contribution in [2.24, 2.45) is 0 Å². The number of fused-ring (bicyclic) bond motifs is 2. The van der Waals surface area contributed by atoms with Crippen LogP contribution in [-0.4, -0.2) is 48.9 Å². The van der Waals surface area contributed by atoms with E-state index in [0.29, 0.717) is 0 Å². The van der Waals surface area contributed by atoms with E-state index in [2.05, 4.69) is 47.7 Å². The average Bonchev–Trinajstić information content (AvgIpc) is 3.02. The first kappa shape index (κ1) is 15.9. The van der Waals surface area contributed by atoms with Gasteiger partial charge in [-0.1, -0.05) is 24.3 Å². The lowest BCUT2D eigenvalue weighted by atomic mass is 9.95. The highest BCUT2D eigenvalue weighted by Crippen LogP contribution is 2.42. The zero-order valence-corrected chi connectivity index (χ0v) is 15.3. The molecule has 0 spiro atoms. The molecule has 0 unspecified atom stereocenters. The highest BCUT2D eigenvalue weighted by atomic mass is 32.2. The second kappa shape index (κ2) is 6.75. The maximum Gasteiger partial charge on any atom is 0.247 e. The maximum atomic E-state index is 12.9. The van der Waals surface area contributed by atoms with Crippen LogP contribution in [0.3, 0.4) is 0 Å². The first-order valence-electron chi connectivity index (χ1n) is 8.20. The Kier molecular flexibility index (Phi) is 4.48. The van der Waals surface area contributed by atoms with E-state index >= 15 is 0 Å². The topological polar surface area (TPSA) is 23.6 Å². The number of rotatable bonds is 1. The molecule has 3 heterocycles. The van der Waals surface area contributed by atoms with Crippen molar-refractivity contribution in [3.05, 3.63) is 58.5 Å². The number of hydrogen-bond donors (Lipinski definition) is 0. The quantitative estimate of drug-likeness (QED) is 0.730. The van der Waals surface area contributed by atoms with Crippen LogP contribution in [0.15, 0.2) is 46.0 Å². The fraction of sp³-hybridized carbons (Fsp3) is 0.316. The van der Waals surface area contributed by atoms with Crippen molar-refractivity contribution in [1.29, 1.82) is 0 Å². The first-order chi connectivity index (χ1) is 11.7. The number of likely N-dealkylation sites (N-methyl/N-ethyl adjacent to an activating group) is 1. The van der Waals surface area contributed by atoms with Crippen molar-refractivity contribution >= 4 is 34.6 Å². The largest absolute Gasteiger partial charge is 0.337 e. The van der Waals surface area contributed by atoms with Gasteiger partial charge in [0.15, 0.2) is 0 Å². The van der Waals surface area contributed by atoms with Gasteiger partial charge in [-0.25, -0.2) is 0 Å². The van der Waals surface area contributed by atoms with Crippen LogP contribution in [0.2, 0.25) is 0 Å². The van der Waals surface area contributed by atoms with Crippen molar-refractivity contribution in [2.45, 2.75) is 9.96 Å². The molecule has 24 heavy (non-hydrogen) atoms. The number of nitrogens with zero attached hydrogens (tertiary/aromatic N) is 2. The van der Waals surface area contributed by atoms with E-state index in [0.717, 1.165) is 37.5 Å². The highest BCUT2D eigenvalue weighted by molar-refractivity contribution is 8.00. The molecule has 2 aliphatic heterocycles. The summed E-state index contributed by atoms with van der Waals surface area (Å²) in [5, 5.41) is 2.12. The Labute approximate surface area is 151 Å². The Morgan fingerprint density at radius 1 is 1.08 bits per heavy atom. The van der Waals surface area contributed by atoms with Crippen molar-refractivity contribution in [1.82, 2.24) is 9.80 Å². The van der Waals surface area contributed by atoms with Crippen molar-refractivity contribution in [3.63, 3.8) is 0 Å². The molecule has 1 fully saturated rings. The van der Waals surface area contributed by atoms with Crippen LogP contribution < -0.4 is 0 Å². The summed E-state index contributed by atoms with van der Waals surface area (Å²) in [5.41, 5.74) is 4.79. The molecule has 0 radical (unpaired) electrons. The molecule has 4 rings (SSSR count). The lowest BCUT2D eigenvalue weighted by Crippen LogP contribution is -2.46. The van der Waals surface area contributed by atoms with Crippen LogP contribution in [0.5, 0.6) is 0 Å². The molecule has 1 aromatic carbocycles. The van der Waals surface area contributed by atoms with Gasteiger partial charge in [-0.05, 0) is 35.2 Å². The minimum atomic E-state index is 0.136. The Morgan fingerprint density at radius 3 is 2.71 bits per heavy atom. The third kappa shape index (κ3) is 3.04. The smallest absolute Gasteiger partial charge is 0.247 e. The van der Waals surface area contributed by atoms with Gasteiger partial charge in [0, 0.05) is 43.6 Å². The second-order valence-corrected chi connectivity index (χ2v) is 8.41. The van der Waals surface area contributed by atoms with Crippen LogP contribution in [-0.2, 0) is 10.5 Å². The Balaban J connectivity index is 1.73. The summed E-state index contributed by atoms with van der Waals surface area (Å²) in [5.74, 6) is 1.10. The van der Waals surface area contributed by atoms with Gasteiger partial charge in [-0.2, -0.15) is 0 Å². The summed E-state index contributed by atoms with van der Waals surface area (Å²) in [6, 6.07) is 10.6. The summed E-state index contributed by atoms with van der Waals surface area (Å²) in [6.07, 6.45) is 1.86. The molecule has 1 aromatic heterocycles.